The van der Waals surface area contributed by atoms with E-state index in [1.54, 1.807) is 0 Å². The Morgan fingerprint density at radius 1 is 1.11 bits per heavy atom. The van der Waals surface area contributed by atoms with Crippen LogP contribution in [0.15, 0.2) is 0 Å². The van der Waals surface area contributed by atoms with Crippen LogP contribution in [0.25, 0.3) is 0 Å². The second-order valence-electron chi connectivity index (χ2n) is 8.82. The standard InChI is InChI=1S/C16H26N2O/c1-14-4-11-5-15(2,8-14)10-16(6-11,9-14)18-7-12(17)3-13(18)19/h11-12H,3-10,17H2,1-2H3. The van der Waals surface area contributed by atoms with Gasteiger partial charge in [0.25, 0.3) is 0 Å². The van der Waals surface area contributed by atoms with E-state index in [4.69, 9.17) is 5.73 Å². The summed E-state index contributed by atoms with van der Waals surface area (Å²) >= 11 is 0. The summed E-state index contributed by atoms with van der Waals surface area (Å²) in [5, 5.41) is 0. The van der Waals surface area contributed by atoms with E-state index in [1.807, 2.05) is 0 Å². The molecule has 3 atom stereocenters. The summed E-state index contributed by atoms with van der Waals surface area (Å²) < 4.78 is 0. The van der Waals surface area contributed by atoms with Gasteiger partial charge in [-0.05, 0) is 55.3 Å². The number of hydrogen-bond acceptors (Lipinski definition) is 2. The van der Waals surface area contributed by atoms with E-state index in [2.05, 4.69) is 18.7 Å². The Labute approximate surface area is 115 Å². The maximum absolute atomic E-state index is 12.4. The van der Waals surface area contributed by atoms with Crippen LogP contribution in [0.2, 0.25) is 0 Å². The molecule has 0 aromatic heterocycles. The average molecular weight is 262 g/mol. The van der Waals surface area contributed by atoms with Gasteiger partial charge >= 0.3 is 0 Å². The van der Waals surface area contributed by atoms with Crippen molar-refractivity contribution in [1.29, 1.82) is 0 Å². The van der Waals surface area contributed by atoms with Crippen molar-refractivity contribution < 1.29 is 4.79 Å². The average Bonchev–Trinajstić information content (AvgIpc) is 2.52. The van der Waals surface area contributed by atoms with Crippen LogP contribution >= 0.6 is 0 Å². The van der Waals surface area contributed by atoms with Crippen molar-refractivity contribution in [2.45, 2.75) is 70.4 Å². The first-order valence-corrected chi connectivity index (χ1v) is 7.88. The van der Waals surface area contributed by atoms with Gasteiger partial charge in [0.2, 0.25) is 5.91 Å². The van der Waals surface area contributed by atoms with Crippen LogP contribution in [0, 0.1) is 16.7 Å². The number of likely N-dealkylation sites (tertiary alicyclic amines) is 1. The summed E-state index contributed by atoms with van der Waals surface area (Å²) in [6, 6.07) is 0.0705. The highest BCUT2D eigenvalue weighted by Crippen LogP contribution is 2.67. The van der Waals surface area contributed by atoms with E-state index >= 15 is 0 Å². The van der Waals surface area contributed by atoms with Crippen molar-refractivity contribution in [2.75, 3.05) is 6.54 Å². The first-order chi connectivity index (χ1) is 8.82. The maximum Gasteiger partial charge on any atom is 0.224 e. The molecule has 4 aliphatic carbocycles. The lowest BCUT2D eigenvalue weighted by Crippen LogP contribution is -2.65. The molecule has 5 fully saturated rings. The van der Waals surface area contributed by atoms with Gasteiger partial charge in [0.15, 0.2) is 0 Å². The Kier molecular flexibility index (Phi) is 2.16. The van der Waals surface area contributed by atoms with Crippen molar-refractivity contribution in [3.8, 4) is 0 Å². The van der Waals surface area contributed by atoms with Gasteiger partial charge in [0.05, 0.1) is 0 Å². The number of nitrogens with zero attached hydrogens (tertiary/aromatic N) is 1. The summed E-state index contributed by atoms with van der Waals surface area (Å²) in [5.41, 5.74) is 7.15. The minimum Gasteiger partial charge on any atom is -0.335 e. The monoisotopic (exact) mass is 262 g/mol. The maximum atomic E-state index is 12.4. The highest BCUT2D eigenvalue weighted by Gasteiger charge is 2.63. The van der Waals surface area contributed by atoms with E-state index in [0.717, 1.165) is 12.5 Å². The van der Waals surface area contributed by atoms with Crippen LogP contribution in [0.4, 0.5) is 0 Å². The number of rotatable bonds is 1. The Morgan fingerprint density at radius 2 is 1.74 bits per heavy atom. The van der Waals surface area contributed by atoms with Crippen molar-refractivity contribution >= 4 is 5.91 Å². The van der Waals surface area contributed by atoms with Gasteiger partial charge < -0.3 is 10.6 Å². The fourth-order valence-electron chi connectivity index (χ4n) is 6.88. The van der Waals surface area contributed by atoms with Crippen molar-refractivity contribution in [3.63, 3.8) is 0 Å². The van der Waals surface area contributed by atoms with Gasteiger partial charge in [-0.2, -0.15) is 0 Å². The molecule has 0 spiro atoms. The first kappa shape index (κ1) is 12.2. The zero-order chi connectivity index (χ0) is 13.5. The first-order valence-electron chi connectivity index (χ1n) is 7.88. The van der Waals surface area contributed by atoms with Crippen LogP contribution < -0.4 is 5.73 Å². The molecule has 0 aromatic carbocycles. The van der Waals surface area contributed by atoms with Crippen LogP contribution in [0.5, 0.6) is 0 Å². The quantitative estimate of drug-likeness (QED) is 0.788. The molecule has 106 valence electrons. The van der Waals surface area contributed by atoms with E-state index in [9.17, 15) is 4.79 Å². The third kappa shape index (κ3) is 1.63. The number of hydrogen-bond donors (Lipinski definition) is 1. The molecule has 3 heteroatoms. The lowest BCUT2D eigenvalue weighted by atomic mass is 9.42. The fraction of sp³-hybridized carbons (Fsp3) is 0.938. The van der Waals surface area contributed by atoms with E-state index in [1.165, 1.54) is 38.5 Å². The molecule has 5 aliphatic rings. The topological polar surface area (TPSA) is 46.3 Å². The second-order valence-corrected chi connectivity index (χ2v) is 8.82. The fourth-order valence-corrected chi connectivity index (χ4v) is 6.88. The molecule has 1 aliphatic heterocycles. The predicted octanol–water partition coefficient (Wildman–Crippen LogP) is 2.29. The van der Waals surface area contributed by atoms with E-state index in [-0.39, 0.29) is 11.6 Å². The lowest BCUT2D eigenvalue weighted by molar-refractivity contribution is -0.170. The molecule has 4 saturated carbocycles. The van der Waals surface area contributed by atoms with Crippen LogP contribution in [-0.4, -0.2) is 28.9 Å². The smallest absolute Gasteiger partial charge is 0.224 e. The third-order valence-corrected chi connectivity index (χ3v) is 6.32. The molecule has 5 rings (SSSR count). The summed E-state index contributed by atoms with van der Waals surface area (Å²) in [5.74, 6) is 1.16. The molecule has 3 nitrogen and oxygen atoms in total. The summed E-state index contributed by atoms with van der Waals surface area (Å²) in [6.45, 7) is 5.73. The number of carbonyl (C=O) groups is 1. The Balaban J connectivity index is 1.73. The second kappa shape index (κ2) is 3.36. The molecule has 1 heterocycles. The van der Waals surface area contributed by atoms with E-state index in [0.29, 0.717) is 23.2 Å². The summed E-state index contributed by atoms with van der Waals surface area (Å²) in [7, 11) is 0. The van der Waals surface area contributed by atoms with Gasteiger partial charge in [0, 0.05) is 24.5 Å². The predicted molar refractivity (Wildman–Crippen MR) is 74.4 cm³/mol. The van der Waals surface area contributed by atoms with Crippen LogP contribution in [0.1, 0.15) is 58.8 Å². The molecule has 1 amide bonds. The summed E-state index contributed by atoms with van der Waals surface area (Å²) in [4.78, 5) is 14.6. The van der Waals surface area contributed by atoms with Crippen molar-refractivity contribution in [2.24, 2.45) is 22.5 Å². The Bertz CT molecular complexity index is 428. The molecule has 2 N–H and O–H groups in total. The van der Waals surface area contributed by atoms with Crippen LogP contribution in [-0.2, 0) is 4.79 Å². The molecule has 1 saturated heterocycles. The molecular weight excluding hydrogens is 236 g/mol. The highest BCUT2D eigenvalue weighted by atomic mass is 16.2. The molecule has 19 heavy (non-hydrogen) atoms. The molecule has 0 radical (unpaired) electrons. The van der Waals surface area contributed by atoms with Gasteiger partial charge in [-0.3, -0.25) is 4.79 Å². The van der Waals surface area contributed by atoms with Crippen molar-refractivity contribution in [1.82, 2.24) is 4.90 Å². The minimum atomic E-state index is 0.0705. The number of amides is 1. The molecule has 4 bridgehead atoms. The van der Waals surface area contributed by atoms with Gasteiger partial charge in [-0.15, -0.1) is 0 Å². The number of nitrogens with two attached hydrogens (primary N) is 1. The van der Waals surface area contributed by atoms with Crippen LogP contribution in [0.3, 0.4) is 0 Å². The largest absolute Gasteiger partial charge is 0.335 e. The molecule has 0 aromatic rings. The minimum absolute atomic E-state index is 0.0705. The van der Waals surface area contributed by atoms with Crippen molar-refractivity contribution in [3.05, 3.63) is 0 Å². The SMILES string of the molecule is CC12CC3CC(C)(C1)CC(N1CC(N)CC1=O)(C3)C2. The molecular formula is C16H26N2O. The third-order valence-electron chi connectivity index (χ3n) is 6.32. The molecule has 3 unspecified atom stereocenters. The highest BCUT2D eigenvalue weighted by molar-refractivity contribution is 5.80. The normalized spacial score (nSPS) is 56.2. The van der Waals surface area contributed by atoms with Gasteiger partial charge in [-0.1, -0.05) is 13.8 Å². The zero-order valence-electron chi connectivity index (χ0n) is 12.2. The van der Waals surface area contributed by atoms with E-state index < -0.39 is 0 Å². The van der Waals surface area contributed by atoms with Gasteiger partial charge in [0.1, 0.15) is 0 Å². The lowest BCUT2D eigenvalue weighted by Gasteiger charge is -2.67. The number of carbonyl (C=O) groups excluding carboxylic acids is 1. The Morgan fingerprint density at radius 3 is 2.21 bits per heavy atom. The zero-order valence-corrected chi connectivity index (χ0v) is 12.2. The Hall–Kier alpha value is -0.570. The van der Waals surface area contributed by atoms with Gasteiger partial charge in [-0.25, -0.2) is 0 Å². The summed E-state index contributed by atoms with van der Waals surface area (Å²) in [6.07, 6.45) is 8.41.